The number of nitrogens with zero attached hydrogens (tertiary/aromatic N) is 4. The molecule has 2 heterocycles. The summed E-state index contributed by atoms with van der Waals surface area (Å²) in [5, 5.41) is 4.24. The first-order chi connectivity index (χ1) is 11.7. The summed E-state index contributed by atoms with van der Waals surface area (Å²) in [6, 6.07) is 5.37. The van der Waals surface area contributed by atoms with Crippen LogP contribution in [0.25, 0.3) is 0 Å². The lowest BCUT2D eigenvalue weighted by molar-refractivity contribution is 0.0821. The maximum atomic E-state index is 13.4. The highest BCUT2D eigenvalue weighted by atomic mass is 32.2. The highest BCUT2D eigenvalue weighted by Crippen LogP contribution is 2.23. The number of hydrogen-bond acceptors (Lipinski definition) is 4. The number of aromatic nitrogens is 2. The highest BCUT2D eigenvalue weighted by molar-refractivity contribution is 7.89. The number of aryl methyl sites for hydroxylation is 1. The standard InChI is InChI=1S/C16H19FN4O3S/c1-11-8-13(4-5-14(11)17)25(23,24)20-6-7-21-12(10-20)9-15(18-21)16(22)19(2)3/h4-5,8-9H,6-7,10H2,1-3H3. The first-order valence-corrected chi connectivity index (χ1v) is 9.19. The molecule has 7 nitrogen and oxygen atoms in total. The average Bonchev–Trinajstić information content (AvgIpc) is 2.99. The van der Waals surface area contributed by atoms with Crippen molar-refractivity contribution in [1.82, 2.24) is 19.0 Å². The third kappa shape index (κ3) is 3.16. The van der Waals surface area contributed by atoms with E-state index in [9.17, 15) is 17.6 Å². The van der Waals surface area contributed by atoms with Gasteiger partial charge < -0.3 is 4.90 Å². The monoisotopic (exact) mass is 366 g/mol. The zero-order valence-electron chi connectivity index (χ0n) is 14.2. The SMILES string of the molecule is Cc1cc(S(=O)(=O)N2CCn3nc(C(=O)N(C)C)cc3C2)ccc1F. The van der Waals surface area contributed by atoms with Gasteiger partial charge in [-0.1, -0.05) is 0 Å². The van der Waals surface area contributed by atoms with E-state index >= 15 is 0 Å². The van der Waals surface area contributed by atoms with E-state index in [-0.39, 0.29) is 35.1 Å². The van der Waals surface area contributed by atoms with Gasteiger partial charge in [-0.2, -0.15) is 9.40 Å². The second-order valence-electron chi connectivity index (χ2n) is 6.19. The van der Waals surface area contributed by atoms with Gasteiger partial charge in [-0.15, -0.1) is 0 Å². The van der Waals surface area contributed by atoms with Gasteiger partial charge in [0.1, 0.15) is 5.82 Å². The molecule has 0 saturated heterocycles. The minimum absolute atomic E-state index is 0.0592. The van der Waals surface area contributed by atoms with Crippen molar-refractivity contribution < 1.29 is 17.6 Å². The van der Waals surface area contributed by atoms with Gasteiger partial charge in [-0.05, 0) is 36.8 Å². The molecule has 0 spiro atoms. The molecule has 0 aliphatic carbocycles. The maximum Gasteiger partial charge on any atom is 0.273 e. The Morgan fingerprint density at radius 2 is 1.96 bits per heavy atom. The largest absolute Gasteiger partial charge is 0.343 e. The normalized spacial score (nSPS) is 15.0. The van der Waals surface area contributed by atoms with E-state index in [0.29, 0.717) is 12.2 Å². The minimum atomic E-state index is -3.74. The van der Waals surface area contributed by atoms with Crippen LogP contribution in [-0.4, -0.2) is 54.0 Å². The average molecular weight is 366 g/mol. The molecule has 1 aliphatic heterocycles. The van der Waals surface area contributed by atoms with Crippen LogP contribution in [0.3, 0.4) is 0 Å². The van der Waals surface area contributed by atoms with Crippen molar-refractivity contribution in [1.29, 1.82) is 0 Å². The minimum Gasteiger partial charge on any atom is -0.343 e. The molecule has 1 aromatic carbocycles. The van der Waals surface area contributed by atoms with E-state index < -0.39 is 15.8 Å². The predicted molar refractivity (Wildman–Crippen MR) is 89.0 cm³/mol. The van der Waals surface area contributed by atoms with Crippen molar-refractivity contribution >= 4 is 15.9 Å². The molecular weight excluding hydrogens is 347 g/mol. The lowest BCUT2D eigenvalue weighted by Crippen LogP contribution is -2.38. The fourth-order valence-corrected chi connectivity index (χ4v) is 4.20. The zero-order valence-corrected chi connectivity index (χ0v) is 15.0. The van der Waals surface area contributed by atoms with E-state index in [1.54, 1.807) is 24.8 Å². The topological polar surface area (TPSA) is 75.5 Å². The number of hydrogen-bond donors (Lipinski definition) is 0. The van der Waals surface area contributed by atoms with E-state index in [2.05, 4.69) is 5.10 Å². The smallest absolute Gasteiger partial charge is 0.273 e. The van der Waals surface area contributed by atoms with Gasteiger partial charge in [0.2, 0.25) is 10.0 Å². The van der Waals surface area contributed by atoms with Crippen LogP contribution in [-0.2, 0) is 23.1 Å². The number of sulfonamides is 1. The molecule has 25 heavy (non-hydrogen) atoms. The highest BCUT2D eigenvalue weighted by Gasteiger charge is 2.30. The van der Waals surface area contributed by atoms with Gasteiger partial charge in [0.05, 0.1) is 23.7 Å². The Kier molecular flexibility index (Phi) is 4.38. The molecule has 0 N–H and O–H groups in total. The molecule has 1 amide bonds. The van der Waals surface area contributed by atoms with E-state index in [0.717, 1.165) is 6.07 Å². The second kappa shape index (κ2) is 6.23. The predicted octanol–water partition coefficient (Wildman–Crippen LogP) is 1.24. The summed E-state index contributed by atoms with van der Waals surface area (Å²) in [5.74, 6) is -0.673. The van der Waals surface area contributed by atoms with E-state index in [1.165, 1.54) is 28.3 Å². The number of rotatable bonds is 3. The molecule has 0 bridgehead atoms. The number of carbonyl (C=O) groups is 1. The van der Waals surface area contributed by atoms with Crippen LogP contribution in [0.15, 0.2) is 29.2 Å². The molecule has 9 heteroatoms. The summed E-state index contributed by atoms with van der Waals surface area (Å²) >= 11 is 0. The zero-order chi connectivity index (χ0) is 18.4. The van der Waals surface area contributed by atoms with Gasteiger partial charge in [0.15, 0.2) is 5.69 Å². The van der Waals surface area contributed by atoms with Crippen LogP contribution >= 0.6 is 0 Å². The van der Waals surface area contributed by atoms with Crippen LogP contribution in [0.5, 0.6) is 0 Å². The van der Waals surface area contributed by atoms with Crippen LogP contribution in [0.1, 0.15) is 21.7 Å². The van der Waals surface area contributed by atoms with E-state index in [4.69, 9.17) is 0 Å². The Bertz CT molecular complexity index is 937. The molecule has 0 fully saturated rings. The van der Waals surface area contributed by atoms with Gasteiger partial charge in [0, 0.05) is 20.6 Å². The van der Waals surface area contributed by atoms with Crippen molar-refractivity contribution in [2.75, 3.05) is 20.6 Å². The second-order valence-corrected chi connectivity index (χ2v) is 8.13. The van der Waals surface area contributed by atoms with Crippen molar-refractivity contribution in [2.45, 2.75) is 24.9 Å². The molecule has 1 aliphatic rings. The Labute approximate surface area is 145 Å². The molecule has 3 rings (SSSR count). The molecule has 134 valence electrons. The number of carbonyl (C=O) groups excluding carboxylic acids is 1. The fourth-order valence-electron chi connectivity index (χ4n) is 2.71. The number of benzene rings is 1. The van der Waals surface area contributed by atoms with Gasteiger partial charge in [-0.3, -0.25) is 9.48 Å². The summed E-state index contributed by atoms with van der Waals surface area (Å²) in [7, 11) is -0.475. The Hall–Kier alpha value is -2.26. The molecule has 2 aromatic rings. The Balaban J connectivity index is 1.89. The van der Waals surface area contributed by atoms with E-state index in [1.807, 2.05) is 0 Å². The van der Waals surface area contributed by atoms with Crippen LogP contribution in [0.4, 0.5) is 4.39 Å². The van der Waals surface area contributed by atoms with Gasteiger partial charge >= 0.3 is 0 Å². The van der Waals surface area contributed by atoms with Crippen LogP contribution in [0.2, 0.25) is 0 Å². The van der Waals surface area contributed by atoms with Crippen molar-refractivity contribution in [3.05, 3.63) is 47.0 Å². The first-order valence-electron chi connectivity index (χ1n) is 7.75. The van der Waals surface area contributed by atoms with Gasteiger partial charge in [-0.25, -0.2) is 12.8 Å². The quantitative estimate of drug-likeness (QED) is 0.819. The Morgan fingerprint density at radius 1 is 1.24 bits per heavy atom. The third-order valence-corrected chi connectivity index (χ3v) is 6.00. The van der Waals surface area contributed by atoms with Crippen LogP contribution < -0.4 is 0 Å². The number of fused-ring (bicyclic) bond motifs is 1. The third-order valence-electron chi connectivity index (χ3n) is 4.16. The van der Waals surface area contributed by atoms with Crippen LogP contribution in [0, 0.1) is 12.7 Å². The molecule has 0 unspecified atom stereocenters. The Morgan fingerprint density at radius 3 is 2.60 bits per heavy atom. The molecule has 0 radical (unpaired) electrons. The summed E-state index contributed by atoms with van der Waals surface area (Å²) in [5.41, 5.74) is 1.22. The fraction of sp³-hybridized carbons (Fsp3) is 0.375. The lowest BCUT2D eigenvalue weighted by atomic mass is 10.2. The molecular formula is C16H19FN4O3S. The summed E-state index contributed by atoms with van der Waals surface area (Å²) in [4.78, 5) is 13.5. The maximum absolute atomic E-state index is 13.4. The van der Waals surface area contributed by atoms with Crippen molar-refractivity contribution in [3.8, 4) is 0 Å². The number of amides is 1. The van der Waals surface area contributed by atoms with Crippen molar-refractivity contribution in [2.24, 2.45) is 0 Å². The molecule has 1 aromatic heterocycles. The summed E-state index contributed by atoms with van der Waals surface area (Å²) in [6.45, 7) is 2.24. The first kappa shape index (κ1) is 17.6. The molecule has 0 atom stereocenters. The van der Waals surface area contributed by atoms with Crippen molar-refractivity contribution in [3.63, 3.8) is 0 Å². The molecule has 0 saturated carbocycles. The lowest BCUT2D eigenvalue weighted by Gasteiger charge is -2.27. The summed E-state index contributed by atoms with van der Waals surface area (Å²) in [6.07, 6.45) is 0. The van der Waals surface area contributed by atoms with Gasteiger partial charge in [0.25, 0.3) is 5.91 Å². The summed E-state index contributed by atoms with van der Waals surface area (Å²) < 4.78 is 42.0. The number of halogens is 1.